The zero-order valence-electron chi connectivity index (χ0n) is 11.3. The number of amides is 1. The normalized spacial score (nSPS) is 10.3. The summed E-state index contributed by atoms with van der Waals surface area (Å²) >= 11 is 0. The van der Waals surface area contributed by atoms with E-state index in [1.54, 1.807) is 41.2 Å². The molecule has 1 amide bonds. The van der Waals surface area contributed by atoms with Gasteiger partial charge in [0.15, 0.2) is 5.82 Å². The zero-order chi connectivity index (χ0) is 14.7. The Labute approximate surface area is 122 Å². The van der Waals surface area contributed by atoms with Crippen LogP contribution in [0.4, 0.5) is 5.82 Å². The molecule has 0 saturated carbocycles. The molecule has 0 bridgehead atoms. The molecule has 5 nitrogen and oxygen atoms in total. The number of carbonyl (C=O) groups is 1. The van der Waals surface area contributed by atoms with Gasteiger partial charge in [-0.25, -0.2) is 15.5 Å². The molecule has 0 spiro atoms. The van der Waals surface area contributed by atoms with Gasteiger partial charge in [0.1, 0.15) is 0 Å². The molecular formula is C16H14N4O. The van der Waals surface area contributed by atoms with Gasteiger partial charge in [0, 0.05) is 17.8 Å². The van der Waals surface area contributed by atoms with E-state index >= 15 is 0 Å². The quantitative estimate of drug-likeness (QED) is 0.454. The predicted molar refractivity (Wildman–Crippen MR) is 81.0 cm³/mol. The van der Waals surface area contributed by atoms with Crippen molar-refractivity contribution in [3.05, 3.63) is 78.5 Å². The first-order valence-electron chi connectivity index (χ1n) is 6.51. The van der Waals surface area contributed by atoms with E-state index in [0.29, 0.717) is 11.4 Å². The topological polar surface area (TPSA) is 64.2 Å². The van der Waals surface area contributed by atoms with Crippen molar-refractivity contribution in [2.24, 2.45) is 5.84 Å². The van der Waals surface area contributed by atoms with E-state index in [0.717, 1.165) is 10.7 Å². The number of carbonyl (C=O) groups excluding carboxylic acids is 1. The van der Waals surface area contributed by atoms with Crippen molar-refractivity contribution in [3.63, 3.8) is 0 Å². The molecule has 0 fully saturated rings. The lowest BCUT2D eigenvalue weighted by atomic mass is 10.2. The monoisotopic (exact) mass is 278 g/mol. The summed E-state index contributed by atoms with van der Waals surface area (Å²) in [6.45, 7) is 0. The van der Waals surface area contributed by atoms with Crippen LogP contribution < -0.4 is 10.9 Å². The Morgan fingerprint density at radius 2 is 1.57 bits per heavy atom. The molecule has 104 valence electrons. The maximum Gasteiger partial charge on any atom is 0.273 e. The summed E-state index contributed by atoms with van der Waals surface area (Å²) < 4.78 is 1.67. The molecule has 0 aliphatic rings. The van der Waals surface area contributed by atoms with Gasteiger partial charge in [0.25, 0.3) is 5.91 Å². The predicted octanol–water partition coefficient (Wildman–Crippen LogP) is 2.39. The maximum atomic E-state index is 12.2. The minimum absolute atomic E-state index is 0.297. The van der Waals surface area contributed by atoms with Crippen molar-refractivity contribution in [2.45, 2.75) is 0 Å². The number of anilines is 1. The molecule has 0 aliphatic heterocycles. The van der Waals surface area contributed by atoms with Crippen molar-refractivity contribution in [2.75, 3.05) is 5.01 Å². The third kappa shape index (κ3) is 2.68. The minimum atomic E-state index is -0.297. The highest BCUT2D eigenvalue weighted by molar-refractivity contribution is 6.04. The highest BCUT2D eigenvalue weighted by Gasteiger charge is 2.16. The van der Waals surface area contributed by atoms with Crippen LogP contribution in [-0.2, 0) is 0 Å². The summed E-state index contributed by atoms with van der Waals surface area (Å²) in [6, 6.07) is 20.2. The Balaban J connectivity index is 1.85. The van der Waals surface area contributed by atoms with Crippen LogP contribution >= 0.6 is 0 Å². The van der Waals surface area contributed by atoms with E-state index in [4.69, 9.17) is 5.84 Å². The Bertz CT molecular complexity index is 737. The molecule has 2 aromatic carbocycles. The lowest BCUT2D eigenvalue weighted by Gasteiger charge is -2.13. The molecule has 3 aromatic rings. The number of hydrazine groups is 1. The number of nitrogens with two attached hydrogens (primary N) is 1. The van der Waals surface area contributed by atoms with Crippen LogP contribution in [0.5, 0.6) is 0 Å². The number of aromatic nitrogens is 2. The summed E-state index contributed by atoms with van der Waals surface area (Å²) in [5.41, 5.74) is 1.43. The number of nitrogens with zero attached hydrogens (tertiary/aromatic N) is 3. The standard InChI is InChI=1S/C16H14N4O/c17-20(16(21)13-7-3-1-4-8-13)15-11-12-19(18-15)14-9-5-2-6-10-14/h1-12H,17H2. The van der Waals surface area contributed by atoms with Gasteiger partial charge >= 0.3 is 0 Å². The molecule has 0 saturated heterocycles. The van der Waals surface area contributed by atoms with Gasteiger partial charge in [0.2, 0.25) is 0 Å². The fourth-order valence-corrected chi connectivity index (χ4v) is 1.99. The summed E-state index contributed by atoms with van der Waals surface area (Å²) in [5.74, 6) is 5.97. The minimum Gasteiger partial charge on any atom is -0.267 e. The molecule has 2 N–H and O–H groups in total. The first-order valence-corrected chi connectivity index (χ1v) is 6.51. The van der Waals surface area contributed by atoms with Gasteiger partial charge in [-0.2, -0.15) is 0 Å². The molecule has 1 aromatic heterocycles. The zero-order valence-corrected chi connectivity index (χ0v) is 11.3. The maximum absolute atomic E-state index is 12.2. The number of para-hydroxylation sites is 1. The van der Waals surface area contributed by atoms with Crippen molar-refractivity contribution < 1.29 is 4.79 Å². The fraction of sp³-hybridized carbons (Fsp3) is 0. The molecule has 0 atom stereocenters. The highest BCUT2D eigenvalue weighted by Crippen LogP contribution is 2.14. The Kier molecular flexibility index (Phi) is 3.49. The SMILES string of the molecule is NN(C(=O)c1ccccc1)c1ccn(-c2ccccc2)n1. The van der Waals surface area contributed by atoms with E-state index in [-0.39, 0.29) is 5.91 Å². The van der Waals surface area contributed by atoms with Crippen LogP contribution in [-0.4, -0.2) is 15.7 Å². The van der Waals surface area contributed by atoms with E-state index in [1.165, 1.54) is 0 Å². The molecular weight excluding hydrogens is 264 g/mol. The highest BCUT2D eigenvalue weighted by atomic mass is 16.2. The Hall–Kier alpha value is -2.92. The Morgan fingerprint density at radius 1 is 0.952 bits per heavy atom. The van der Waals surface area contributed by atoms with Crippen LogP contribution in [0.1, 0.15) is 10.4 Å². The summed E-state index contributed by atoms with van der Waals surface area (Å²) in [4.78, 5) is 12.2. The molecule has 5 heteroatoms. The van der Waals surface area contributed by atoms with Crippen molar-refractivity contribution >= 4 is 11.7 Å². The lowest BCUT2D eigenvalue weighted by Crippen LogP contribution is -2.37. The number of rotatable bonds is 3. The third-order valence-corrected chi connectivity index (χ3v) is 3.08. The van der Waals surface area contributed by atoms with Crippen molar-refractivity contribution in [1.29, 1.82) is 0 Å². The van der Waals surface area contributed by atoms with Crippen molar-refractivity contribution in [1.82, 2.24) is 9.78 Å². The Morgan fingerprint density at radius 3 is 2.24 bits per heavy atom. The smallest absolute Gasteiger partial charge is 0.267 e. The summed E-state index contributed by atoms with van der Waals surface area (Å²) in [6.07, 6.45) is 1.77. The number of hydrogen-bond acceptors (Lipinski definition) is 3. The molecule has 0 unspecified atom stereocenters. The first kappa shape index (κ1) is 13.1. The summed E-state index contributed by atoms with van der Waals surface area (Å²) in [7, 11) is 0. The van der Waals surface area contributed by atoms with Crippen LogP contribution in [0, 0.1) is 0 Å². The average molecular weight is 278 g/mol. The fourth-order valence-electron chi connectivity index (χ4n) is 1.99. The van der Waals surface area contributed by atoms with E-state index in [9.17, 15) is 4.79 Å². The van der Waals surface area contributed by atoms with E-state index < -0.39 is 0 Å². The van der Waals surface area contributed by atoms with Gasteiger partial charge < -0.3 is 0 Å². The second-order valence-corrected chi connectivity index (χ2v) is 4.50. The van der Waals surface area contributed by atoms with Gasteiger partial charge in [-0.05, 0) is 24.3 Å². The molecule has 0 aliphatic carbocycles. The van der Waals surface area contributed by atoms with Gasteiger partial charge in [-0.1, -0.05) is 36.4 Å². The van der Waals surface area contributed by atoms with Gasteiger partial charge in [-0.15, -0.1) is 5.10 Å². The van der Waals surface area contributed by atoms with Crippen LogP contribution in [0.25, 0.3) is 5.69 Å². The lowest BCUT2D eigenvalue weighted by molar-refractivity contribution is 0.0986. The number of hydrogen-bond donors (Lipinski definition) is 1. The van der Waals surface area contributed by atoms with Crippen LogP contribution in [0.3, 0.4) is 0 Å². The second-order valence-electron chi connectivity index (χ2n) is 4.50. The third-order valence-electron chi connectivity index (χ3n) is 3.08. The number of benzene rings is 2. The second kappa shape index (κ2) is 5.60. The molecule has 21 heavy (non-hydrogen) atoms. The van der Waals surface area contributed by atoms with Crippen molar-refractivity contribution in [3.8, 4) is 5.69 Å². The molecule has 1 heterocycles. The largest absolute Gasteiger partial charge is 0.273 e. The van der Waals surface area contributed by atoms with Gasteiger partial charge in [-0.3, -0.25) is 4.79 Å². The first-order chi connectivity index (χ1) is 10.3. The average Bonchev–Trinajstić information content (AvgIpc) is 3.05. The van der Waals surface area contributed by atoms with Crippen LogP contribution in [0.15, 0.2) is 72.9 Å². The van der Waals surface area contributed by atoms with E-state index in [1.807, 2.05) is 36.4 Å². The van der Waals surface area contributed by atoms with Gasteiger partial charge in [0.05, 0.1) is 5.69 Å². The van der Waals surface area contributed by atoms with Crippen LogP contribution in [0.2, 0.25) is 0 Å². The molecule has 3 rings (SSSR count). The molecule has 0 radical (unpaired) electrons. The summed E-state index contributed by atoms with van der Waals surface area (Å²) in [5, 5.41) is 5.37. The van der Waals surface area contributed by atoms with E-state index in [2.05, 4.69) is 5.10 Å².